The average Bonchev–Trinajstić information content (AvgIpc) is 2.65. The summed E-state index contributed by atoms with van der Waals surface area (Å²) in [6, 6.07) is 7.07. The van der Waals surface area contributed by atoms with Gasteiger partial charge in [-0.15, -0.1) is 0 Å². The van der Waals surface area contributed by atoms with E-state index in [1.807, 2.05) is 11.8 Å². The second kappa shape index (κ2) is 9.37. The van der Waals surface area contributed by atoms with Crippen molar-refractivity contribution in [1.29, 1.82) is 0 Å². The summed E-state index contributed by atoms with van der Waals surface area (Å²) in [7, 11) is 0. The van der Waals surface area contributed by atoms with Crippen LogP contribution in [0.5, 0.6) is 0 Å². The molecule has 2 heterocycles. The Morgan fingerprint density at radius 1 is 1.32 bits per heavy atom. The largest absolute Gasteiger partial charge is 0.376 e. The number of pyridine rings is 1. The van der Waals surface area contributed by atoms with Crippen LogP contribution in [-0.2, 0) is 4.74 Å². The standard InChI is InChI=1S/C19H19Cl3FN3O2/c1-11-10-26(7-8-28-11)15(17-12(20)3-2-4-14(17)23)9-24-19(27)18-13(21)5-6-16(22)25-18/h2-6,11,15H,7-10H2,1H3,(H,24,27). The molecule has 1 aromatic carbocycles. The zero-order chi connectivity index (χ0) is 20.3. The van der Waals surface area contributed by atoms with Crippen molar-refractivity contribution >= 4 is 40.7 Å². The van der Waals surface area contributed by atoms with Gasteiger partial charge in [0.1, 0.15) is 16.7 Å². The molecule has 2 aromatic rings. The summed E-state index contributed by atoms with van der Waals surface area (Å²) in [5.74, 6) is -0.920. The third-order valence-electron chi connectivity index (χ3n) is 4.53. The number of carbonyl (C=O) groups is 1. The van der Waals surface area contributed by atoms with Gasteiger partial charge in [-0.25, -0.2) is 9.37 Å². The predicted octanol–water partition coefficient (Wildman–Crippen LogP) is 4.37. The molecule has 150 valence electrons. The van der Waals surface area contributed by atoms with Crippen LogP contribution in [0, 0.1) is 5.82 Å². The van der Waals surface area contributed by atoms with E-state index >= 15 is 0 Å². The molecular weight excluding hydrogens is 428 g/mol. The summed E-state index contributed by atoms with van der Waals surface area (Å²) < 4.78 is 20.2. The summed E-state index contributed by atoms with van der Waals surface area (Å²) in [4.78, 5) is 18.6. The fourth-order valence-corrected chi connectivity index (χ4v) is 3.85. The minimum absolute atomic E-state index is 0.0125. The molecule has 1 amide bonds. The molecule has 1 aliphatic rings. The topological polar surface area (TPSA) is 54.5 Å². The number of aromatic nitrogens is 1. The number of hydrogen-bond donors (Lipinski definition) is 1. The van der Waals surface area contributed by atoms with Gasteiger partial charge in [0.15, 0.2) is 0 Å². The Hall–Kier alpha value is -1.44. The third kappa shape index (κ3) is 4.93. The first kappa shape index (κ1) is 21.3. The maximum Gasteiger partial charge on any atom is 0.271 e. The van der Waals surface area contributed by atoms with E-state index in [2.05, 4.69) is 10.3 Å². The van der Waals surface area contributed by atoms with Crippen LogP contribution in [-0.4, -0.2) is 48.1 Å². The maximum absolute atomic E-state index is 14.6. The molecule has 1 N–H and O–H groups in total. The number of hydrogen-bond acceptors (Lipinski definition) is 4. The molecule has 3 rings (SSSR count). The number of nitrogens with zero attached hydrogens (tertiary/aromatic N) is 2. The number of rotatable bonds is 5. The lowest BCUT2D eigenvalue weighted by molar-refractivity contribution is -0.0346. The molecule has 9 heteroatoms. The van der Waals surface area contributed by atoms with E-state index in [9.17, 15) is 9.18 Å². The van der Waals surface area contributed by atoms with Crippen molar-refractivity contribution in [3.63, 3.8) is 0 Å². The molecule has 1 aliphatic heterocycles. The Bertz CT molecular complexity index is 848. The van der Waals surface area contributed by atoms with Gasteiger partial charge >= 0.3 is 0 Å². The highest BCUT2D eigenvalue weighted by Gasteiger charge is 2.30. The number of morpholine rings is 1. The van der Waals surface area contributed by atoms with Crippen molar-refractivity contribution in [2.24, 2.45) is 0 Å². The van der Waals surface area contributed by atoms with Crippen molar-refractivity contribution in [3.8, 4) is 0 Å². The second-order valence-electron chi connectivity index (χ2n) is 6.50. The third-order valence-corrected chi connectivity index (χ3v) is 5.37. The Labute approximate surface area is 177 Å². The molecule has 0 bridgehead atoms. The molecule has 0 saturated carbocycles. The van der Waals surface area contributed by atoms with E-state index in [4.69, 9.17) is 39.5 Å². The molecule has 2 atom stereocenters. The van der Waals surface area contributed by atoms with Crippen LogP contribution in [0.1, 0.15) is 29.0 Å². The van der Waals surface area contributed by atoms with Crippen molar-refractivity contribution in [3.05, 3.63) is 62.6 Å². The number of amides is 1. The second-order valence-corrected chi connectivity index (χ2v) is 7.70. The molecule has 1 saturated heterocycles. The molecule has 28 heavy (non-hydrogen) atoms. The first-order valence-electron chi connectivity index (χ1n) is 8.76. The Morgan fingerprint density at radius 3 is 2.82 bits per heavy atom. The number of benzene rings is 1. The zero-order valence-electron chi connectivity index (χ0n) is 15.1. The number of carbonyl (C=O) groups excluding carboxylic acids is 1. The van der Waals surface area contributed by atoms with Crippen molar-refractivity contribution < 1.29 is 13.9 Å². The lowest BCUT2D eigenvalue weighted by Gasteiger charge is -2.38. The first-order chi connectivity index (χ1) is 13.4. The summed E-state index contributed by atoms with van der Waals surface area (Å²) in [5, 5.41) is 3.42. The Balaban J connectivity index is 1.85. The molecule has 0 spiro atoms. The number of nitrogens with one attached hydrogen (secondary N) is 1. The van der Waals surface area contributed by atoms with E-state index in [0.29, 0.717) is 30.3 Å². The van der Waals surface area contributed by atoms with Crippen molar-refractivity contribution in [2.75, 3.05) is 26.2 Å². The molecule has 1 aromatic heterocycles. The normalized spacial score (nSPS) is 18.7. The summed E-state index contributed by atoms with van der Waals surface area (Å²) in [5.41, 5.74) is 0.353. The van der Waals surface area contributed by atoms with Crippen LogP contribution in [0.3, 0.4) is 0 Å². The van der Waals surface area contributed by atoms with Gasteiger partial charge in [0, 0.05) is 30.2 Å². The maximum atomic E-state index is 14.6. The fraction of sp³-hybridized carbons (Fsp3) is 0.368. The smallest absolute Gasteiger partial charge is 0.271 e. The van der Waals surface area contributed by atoms with Crippen LogP contribution in [0.2, 0.25) is 15.2 Å². The molecule has 0 aliphatic carbocycles. The number of halogens is 4. The van der Waals surface area contributed by atoms with E-state index < -0.39 is 17.8 Å². The highest BCUT2D eigenvalue weighted by Crippen LogP contribution is 2.31. The quantitative estimate of drug-likeness (QED) is 0.693. The van der Waals surface area contributed by atoms with Gasteiger partial charge in [-0.2, -0.15) is 0 Å². The molecule has 2 unspecified atom stereocenters. The molecule has 5 nitrogen and oxygen atoms in total. The molecule has 1 fully saturated rings. The van der Waals surface area contributed by atoms with Gasteiger partial charge in [-0.3, -0.25) is 9.69 Å². The van der Waals surface area contributed by atoms with E-state index in [1.165, 1.54) is 18.2 Å². The van der Waals surface area contributed by atoms with Crippen molar-refractivity contribution in [1.82, 2.24) is 15.2 Å². The SMILES string of the molecule is CC1CN(C(CNC(=O)c2nc(Cl)ccc2Cl)c2c(F)cccc2Cl)CCO1. The van der Waals surface area contributed by atoms with Crippen molar-refractivity contribution in [2.45, 2.75) is 19.1 Å². The summed E-state index contributed by atoms with van der Waals surface area (Å²) in [6.45, 7) is 3.75. The van der Waals surface area contributed by atoms with Crippen LogP contribution >= 0.6 is 34.8 Å². The predicted molar refractivity (Wildman–Crippen MR) is 108 cm³/mol. The lowest BCUT2D eigenvalue weighted by Crippen LogP contribution is -2.47. The lowest BCUT2D eigenvalue weighted by atomic mass is 10.0. The first-order valence-corrected chi connectivity index (χ1v) is 9.90. The van der Waals surface area contributed by atoms with Gasteiger partial charge in [-0.1, -0.05) is 40.9 Å². The van der Waals surface area contributed by atoms with E-state index in [-0.39, 0.29) is 28.5 Å². The zero-order valence-corrected chi connectivity index (χ0v) is 17.4. The van der Waals surface area contributed by atoms with Gasteiger partial charge in [0.25, 0.3) is 5.91 Å². The van der Waals surface area contributed by atoms with Gasteiger partial charge < -0.3 is 10.1 Å². The average molecular weight is 447 g/mol. The number of ether oxygens (including phenoxy) is 1. The Kier molecular flexibility index (Phi) is 7.12. The Morgan fingerprint density at radius 2 is 2.11 bits per heavy atom. The highest BCUT2D eigenvalue weighted by atomic mass is 35.5. The highest BCUT2D eigenvalue weighted by molar-refractivity contribution is 6.34. The minimum atomic E-state index is -0.494. The van der Waals surface area contributed by atoms with E-state index in [0.717, 1.165) is 0 Å². The van der Waals surface area contributed by atoms with Crippen LogP contribution < -0.4 is 5.32 Å². The van der Waals surface area contributed by atoms with E-state index in [1.54, 1.807) is 12.1 Å². The fourth-order valence-electron chi connectivity index (χ4n) is 3.22. The molecule has 0 radical (unpaired) electrons. The van der Waals surface area contributed by atoms with Crippen LogP contribution in [0.4, 0.5) is 4.39 Å². The van der Waals surface area contributed by atoms with Gasteiger partial charge in [-0.05, 0) is 31.2 Å². The monoisotopic (exact) mass is 445 g/mol. The van der Waals surface area contributed by atoms with Crippen LogP contribution in [0.25, 0.3) is 0 Å². The summed E-state index contributed by atoms with van der Waals surface area (Å²) in [6.07, 6.45) is -0.0125. The van der Waals surface area contributed by atoms with Gasteiger partial charge in [0.05, 0.1) is 23.8 Å². The summed E-state index contributed by atoms with van der Waals surface area (Å²) >= 11 is 18.2. The van der Waals surface area contributed by atoms with Crippen LogP contribution in [0.15, 0.2) is 30.3 Å². The minimum Gasteiger partial charge on any atom is -0.376 e. The van der Waals surface area contributed by atoms with Gasteiger partial charge in [0.2, 0.25) is 0 Å². The molecular formula is C19H19Cl3FN3O2.